The molecule has 0 aromatic heterocycles. The Morgan fingerprint density at radius 3 is 2.06 bits per heavy atom. The molecule has 1 aliphatic carbocycles. The van der Waals surface area contributed by atoms with Gasteiger partial charge in [0.2, 0.25) is 20.0 Å². The van der Waals surface area contributed by atoms with Crippen LogP contribution in [0.1, 0.15) is 41.6 Å². The van der Waals surface area contributed by atoms with Crippen LogP contribution in [0.2, 0.25) is 0 Å². The Balaban J connectivity index is 1.43. The fourth-order valence-electron chi connectivity index (χ4n) is 3.64. The fourth-order valence-corrected chi connectivity index (χ4v) is 6.32. The lowest BCUT2D eigenvalue weighted by Crippen LogP contribution is -2.28. The van der Waals surface area contributed by atoms with Gasteiger partial charge in [-0.3, -0.25) is 4.79 Å². The summed E-state index contributed by atoms with van der Waals surface area (Å²) < 4.78 is 53.8. The zero-order valence-corrected chi connectivity index (χ0v) is 19.5. The number of amides is 1. The van der Waals surface area contributed by atoms with Crippen molar-refractivity contribution in [2.45, 2.75) is 48.1 Å². The third kappa shape index (κ3) is 4.88. The van der Waals surface area contributed by atoms with Crippen molar-refractivity contribution < 1.29 is 21.6 Å². The molecule has 2 aliphatic rings. The van der Waals surface area contributed by atoms with Crippen LogP contribution in [0.3, 0.4) is 0 Å². The first-order chi connectivity index (χ1) is 15.2. The molecule has 0 bridgehead atoms. The van der Waals surface area contributed by atoms with Gasteiger partial charge in [-0.15, -0.1) is 0 Å². The number of carbonyl (C=O) groups is 1. The van der Waals surface area contributed by atoms with Crippen molar-refractivity contribution in [1.29, 1.82) is 0 Å². The number of sulfonamides is 2. The van der Waals surface area contributed by atoms with Crippen LogP contribution in [-0.2, 0) is 26.6 Å². The van der Waals surface area contributed by atoms with E-state index >= 15 is 0 Å². The number of hydrogen-bond donors (Lipinski definition) is 1. The summed E-state index contributed by atoms with van der Waals surface area (Å²) in [5, 5.41) is 2.92. The van der Waals surface area contributed by atoms with E-state index in [0.29, 0.717) is 18.7 Å². The summed E-state index contributed by atoms with van der Waals surface area (Å²) in [4.78, 5) is 12.2. The number of rotatable bonds is 8. The minimum atomic E-state index is -3.81. The molecule has 2 aromatic carbocycles. The van der Waals surface area contributed by atoms with Crippen molar-refractivity contribution >= 4 is 26.0 Å². The summed E-state index contributed by atoms with van der Waals surface area (Å²) in [5.74, 6) is -0.121. The summed E-state index contributed by atoms with van der Waals surface area (Å²) in [6.07, 6.45) is 3.70. The molecule has 0 radical (unpaired) electrons. The van der Waals surface area contributed by atoms with E-state index in [1.54, 1.807) is 24.3 Å². The predicted molar refractivity (Wildman–Crippen MR) is 120 cm³/mol. The van der Waals surface area contributed by atoms with Crippen molar-refractivity contribution in [3.8, 4) is 0 Å². The summed E-state index contributed by atoms with van der Waals surface area (Å²) in [7, 11) is -5.93. The number of benzene rings is 2. The molecule has 1 heterocycles. The van der Waals surface area contributed by atoms with E-state index in [4.69, 9.17) is 0 Å². The molecule has 2 fully saturated rings. The number of hydrogen-bond acceptors (Lipinski definition) is 5. The second-order valence-corrected chi connectivity index (χ2v) is 12.3. The molecule has 10 heteroatoms. The van der Waals surface area contributed by atoms with Crippen molar-refractivity contribution in [3.05, 3.63) is 59.7 Å². The molecule has 1 saturated heterocycles. The van der Waals surface area contributed by atoms with Gasteiger partial charge in [0.05, 0.1) is 9.79 Å². The first-order valence-corrected chi connectivity index (χ1v) is 13.5. The van der Waals surface area contributed by atoms with Crippen LogP contribution < -0.4 is 5.32 Å². The maximum Gasteiger partial charge on any atom is 0.251 e. The van der Waals surface area contributed by atoms with Gasteiger partial charge < -0.3 is 5.32 Å². The smallest absolute Gasteiger partial charge is 0.251 e. The highest BCUT2D eigenvalue weighted by Gasteiger charge is 2.28. The molecular formula is C22H27N3O5S2. The molecule has 172 valence electrons. The molecule has 8 nitrogen and oxygen atoms in total. The highest BCUT2D eigenvalue weighted by molar-refractivity contribution is 7.89. The molecule has 32 heavy (non-hydrogen) atoms. The Morgan fingerprint density at radius 2 is 1.50 bits per heavy atom. The van der Waals surface area contributed by atoms with Crippen molar-refractivity contribution in [2.24, 2.45) is 0 Å². The minimum Gasteiger partial charge on any atom is -0.349 e. The van der Waals surface area contributed by atoms with E-state index in [9.17, 15) is 21.6 Å². The molecule has 2 aromatic rings. The Hall–Kier alpha value is -2.27. The van der Waals surface area contributed by atoms with Crippen LogP contribution in [0.4, 0.5) is 0 Å². The number of nitrogens with zero attached hydrogens (tertiary/aromatic N) is 2. The largest absolute Gasteiger partial charge is 0.349 e. The van der Waals surface area contributed by atoms with Crippen LogP contribution in [0.15, 0.2) is 58.3 Å². The van der Waals surface area contributed by atoms with Crippen LogP contribution in [0.25, 0.3) is 0 Å². The average molecular weight is 478 g/mol. The molecule has 4 rings (SSSR count). The van der Waals surface area contributed by atoms with Gasteiger partial charge in [0.1, 0.15) is 0 Å². The minimum absolute atomic E-state index is 0.0285. The van der Waals surface area contributed by atoms with E-state index in [-0.39, 0.29) is 28.3 Å². The van der Waals surface area contributed by atoms with Crippen LogP contribution in [0, 0.1) is 0 Å². The molecule has 1 saturated carbocycles. The lowest BCUT2D eigenvalue weighted by atomic mass is 10.1. The van der Waals surface area contributed by atoms with Gasteiger partial charge in [-0.05, 0) is 67.6 Å². The highest BCUT2D eigenvalue weighted by atomic mass is 32.2. The zero-order valence-electron chi connectivity index (χ0n) is 17.9. The lowest BCUT2D eigenvalue weighted by Gasteiger charge is -2.19. The van der Waals surface area contributed by atoms with Crippen LogP contribution >= 0.6 is 0 Å². The van der Waals surface area contributed by atoms with Crippen molar-refractivity contribution in [2.75, 3.05) is 20.1 Å². The highest BCUT2D eigenvalue weighted by Crippen LogP contribution is 2.24. The summed E-state index contributed by atoms with van der Waals surface area (Å²) in [6, 6.07) is 12.5. The van der Waals surface area contributed by atoms with Gasteiger partial charge in [0.25, 0.3) is 5.91 Å². The van der Waals surface area contributed by atoms with E-state index in [1.807, 2.05) is 0 Å². The molecule has 0 unspecified atom stereocenters. The Kier molecular flexibility index (Phi) is 6.39. The third-order valence-electron chi connectivity index (χ3n) is 5.77. The fraction of sp³-hybridized carbons (Fsp3) is 0.409. The first-order valence-electron chi connectivity index (χ1n) is 10.6. The normalized spacial score (nSPS) is 17.6. The lowest BCUT2D eigenvalue weighted by molar-refractivity contribution is 0.0951. The Bertz CT molecular complexity index is 1180. The maximum atomic E-state index is 13.0. The van der Waals surface area contributed by atoms with E-state index < -0.39 is 20.0 Å². The topological polar surface area (TPSA) is 104 Å². The van der Waals surface area contributed by atoms with E-state index in [2.05, 4.69) is 5.32 Å². The molecule has 0 atom stereocenters. The van der Waals surface area contributed by atoms with E-state index in [1.165, 1.54) is 39.9 Å². The summed E-state index contributed by atoms with van der Waals surface area (Å²) in [5.41, 5.74) is 1.29. The molecule has 1 amide bonds. The Labute approximate surface area is 189 Å². The standard InChI is InChI=1S/C22H27N3O5S2/c1-24(16-17-4-6-18(7-5-17)22(26)23-19-8-9-19)31(27,28)20-10-12-21(13-11-20)32(29,30)25-14-2-3-15-25/h4-7,10-13,19H,2-3,8-9,14-16H2,1H3,(H,23,26). The first kappa shape index (κ1) is 22.9. The maximum absolute atomic E-state index is 13.0. The monoisotopic (exact) mass is 477 g/mol. The van der Waals surface area contributed by atoms with Gasteiger partial charge in [-0.1, -0.05) is 12.1 Å². The molecule has 1 N–H and O–H groups in total. The SMILES string of the molecule is CN(Cc1ccc(C(=O)NC2CC2)cc1)S(=O)(=O)c1ccc(S(=O)(=O)N2CCCC2)cc1. The van der Waals surface area contributed by atoms with Gasteiger partial charge in [-0.25, -0.2) is 16.8 Å². The predicted octanol–water partition coefficient (Wildman–Crippen LogP) is 2.18. The third-order valence-corrected chi connectivity index (χ3v) is 9.50. The quantitative estimate of drug-likeness (QED) is 0.628. The second kappa shape index (κ2) is 8.93. The molecule has 1 aliphatic heterocycles. The van der Waals surface area contributed by atoms with Crippen LogP contribution in [0.5, 0.6) is 0 Å². The van der Waals surface area contributed by atoms with Crippen LogP contribution in [-0.4, -0.2) is 57.5 Å². The average Bonchev–Trinajstić information content (AvgIpc) is 3.41. The molecular weight excluding hydrogens is 450 g/mol. The van der Waals surface area contributed by atoms with Gasteiger partial charge >= 0.3 is 0 Å². The van der Waals surface area contributed by atoms with E-state index in [0.717, 1.165) is 31.2 Å². The Morgan fingerprint density at radius 1 is 0.938 bits per heavy atom. The van der Waals surface area contributed by atoms with Crippen molar-refractivity contribution in [3.63, 3.8) is 0 Å². The summed E-state index contributed by atoms with van der Waals surface area (Å²) >= 11 is 0. The van der Waals surface area contributed by atoms with Crippen molar-refractivity contribution in [1.82, 2.24) is 13.9 Å². The zero-order chi connectivity index (χ0) is 22.9. The molecule has 0 spiro atoms. The summed E-state index contributed by atoms with van der Waals surface area (Å²) in [6.45, 7) is 1.11. The number of nitrogens with one attached hydrogen (secondary N) is 1. The van der Waals surface area contributed by atoms with Gasteiger partial charge in [0, 0.05) is 38.3 Å². The number of carbonyl (C=O) groups excluding carboxylic acids is 1. The van der Waals surface area contributed by atoms with Gasteiger partial charge in [0.15, 0.2) is 0 Å². The van der Waals surface area contributed by atoms with Gasteiger partial charge in [-0.2, -0.15) is 8.61 Å². The second-order valence-electron chi connectivity index (χ2n) is 8.29.